The Labute approximate surface area is 116 Å². The molecular weight excluding hydrogens is 275 g/mol. The maximum absolute atomic E-state index is 12.3. The standard InChI is InChI=1S/C12H20F3N3O2/c1-16-10-7-20-6-9(10)11(19)18-4-2-17(3-5-18)8-12(13,14)15/h9-10,16H,2-8H2,1H3. The highest BCUT2D eigenvalue weighted by Crippen LogP contribution is 2.20. The smallest absolute Gasteiger partial charge is 0.379 e. The minimum Gasteiger partial charge on any atom is -0.379 e. The molecule has 2 saturated heterocycles. The molecule has 0 aromatic carbocycles. The first-order valence-corrected chi connectivity index (χ1v) is 6.73. The third kappa shape index (κ3) is 3.83. The Kier molecular flexibility index (Phi) is 4.87. The van der Waals surface area contributed by atoms with Crippen LogP contribution in [0.15, 0.2) is 0 Å². The van der Waals surface area contributed by atoms with Gasteiger partial charge in [0.05, 0.1) is 25.7 Å². The van der Waals surface area contributed by atoms with E-state index in [0.717, 1.165) is 0 Å². The molecule has 0 radical (unpaired) electrons. The molecule has 1 N–H and O–H groups in total. The molecule has 2 fully saturated rings. The van der Waals surface area contributed by atoms with Crippen molar-refractivity contribution in [3.63, 3.8) is 0 Å². The molecule has 2 aliphatic rings. The second-order valence-corrected chi connectivity index (χ2v) is 5.26. The van der Waals surface area contributed by atoms with E-state index in [1.165, 1.54) is 4.90 Å². The molecule has 2 unspecified atom stereocenters. The fraction of sp³-hybridized carbons (Fsp3) is 0.917. The van der Waals surface area contributed by atoms with E-state index in [1.807, 2.05) is 0 Å². The predicted octanol–water partition coefficient (Wildman–Crippen LogP) is -0.0727. The van der Waals surface area contributed by atoms with Crippen LogP contribution in [0.5, 0.6) is 0 Å². The van der Waals surface area contributed by atoms with Gasteiger partial charge in [0, 0.05) is 32.2 Å². The van der Waals surface area contributed by atoms with E-state index in [2.05, 4.69) is 5.32 Å². The fourth-order valence-electron chi connectivity index (χ4n) is 2.70. The van der Waals surface area contributed by atoms with E-state index < -0.39 is 12.7 Å². The molecule has 5 nitrogen and oxygen atoms in total. The van der Waals surface area contributed by atoms with E-state index in [4.69, 9.17) is 4.74 Å². The van der Waals surface area contributed by atoms with E-state index in [0.29, 0.717) is 26.3 Å². The second kappa shape index (κ2) is 6.28. The number of hydrogen-bond donors (Lipinski definition) is 1. The number of piperazine rings is 1. The summed E-state index contributed by atoms with van der Waals surface area (Å²) >= 11 is 0. The third-order valence-electron chi connectivity index (χ3n) is 3.86. The summed E-state index contributed by atoms with van der Waals surface area (Å²) in [5, 5.41) is 3.04. The van der Waals surface area contributed by atoms with Crippen LogP contribution < -0.4 is 5.32 Å². The first kappa shape index (κ1) is 15.5. The lowest BCUT2D eigenvalue weighted by molar-refractivity contribution is -0.152. The molecule has 2 rings (SSSR count). The molecule has 0 spiro atoms. The van der Waals surface area contributed by atoms with Crippen molar-refractivity contribution in [2.24, 2.45) is 5.92 Å². The summed E-state index contributed by atoms with van der Waals surface area (Å²) in [7, 11) is 1.78. The van der Waals surface area contributed by atoms with Crippen LogP contribution in [0.3, 0.4) is 0 Å². The Bertz CT molecular complexity index is 343. The predicted molar refractivity (Wildman–Crippen MR) is 66.2 cm³/mol. The van der Waals surface area contributed by atoms with Crippen molar-refractivity contribution < 1.29 is 22.7 Å². The number of likely N-dealkylation sites (N-methyl/N-ethyl adjacent to an activating group) is 1. The molecule has 0 aromatic heterocycles. The number of carbonyl (C=O) groups is 1. The van der Waals surface area contributed by atoms with Crippen LogP contribution in [0.1, 0.15) is 0 Å². The SMILES string of the molecule is CNC1COCC1C(=O)N1CCN(CC(F)(F)F)CC1. The van der Waals surface area contributed by atoms with Gasteiger partial charge in [-0.2, -0.15) is 13.2 Å². The Balaban J connectivity index is 1.83. The van der Waals surface area contributed by atoms with Crippen LogP contribution >= 0.6 is 0 Å². The molecule has 0 saturated carbocycles. The van der Waals surface area contributed by atoms with Gasteiger partial charge < -0.3 is 15.0 Å². The topological polar surface area (TPSA) is 44.8 Å². The van der Waals surface area contributed by atoms with Gasteiger partial charge in [0.25, 0.3) is 0 Å². The quantitative estimate of drug-likeness (QED) is 0.791. The van der Waals surface area contributed by atoms with E-state index in [-0.39, 0.29) is 31.0 Å². The van der Waals surface area contributed by atoms with Crippen molar-refractivity contribution in [3.8, 4) is 0 Å². The number of alkyl halides is 3. The van der Waals surface area contributed by atoms with Crippen molar-refractivity contribution in [2.45, 2.75) is 12.2 Å². The third-order valence-corrected chi connectivity index (χ3v) is 3.86. The number of halogens is 3. The van der Waals surface area contributed by atoms with Gasteiger partial charge in [0.2, 0.25) is 5.91 Å². The molecular formula is C12H20F3N3O2. The van der Waals surface area contributed by atoms with Crippen LogP contribution in [0, 0.1) is 5.92 Å². The second-order valence-electron chi connectivity index (χ2n) is 5.26. The number of nitrogens with one attached hydrogen (secondary N) is 1. The lowest BCUT2D eigenvalue weighted by Crippen LogP contribution is -2.54. The van der Waals surface area contributed by atoms with Crippen LogP contribution in [0.4, 0.5) is 13.2 Å². The highest BCUT2D eigenvalue weighted by atomic mass is 19.4. The highest BCUT2D eigenvalue weighted by molar-refractivity contribution is 5.80. The summed E-state index contributed by atoms with van der Waals surface area (Å²) in [5.41, 5.74) is 0. The van der Waals surface area contributed by atoms with Crippen molar-refractivity contribution in [2.75, 3.05) is 53.0 Å². The lowest BCUT2D eigenvalue weighted by atomic mass is 10.0. The number of amides is 1. The summed E-state index contributed by atoms with van der Waals surface area (Å²) in [4.78, 5) is 15.3. The molecule has 2 aliphatic heterocycles. The first-order valence-electron chi connectivity index (χ1n) is 6.73. The number of carbonyl (C=O) groups excluding carboxylic acids is 1. The summed E-state index contributed by atoms with van der Waals surface area (Å²) < 4.78 is 42.2. The minimum absolute atomic E-state index is 0.00398. The zero-order chi connectivity index (χ0) is 14.8. The maximum atomic E-state index is 12.3. The first-order chi connectivity index (χ1) is 9.40. The van der Waals surface area contributed by atoms with Crippen molar-refractivity contribution in [1.82, 2.24) is 15.1 Å². The number of rotatable bonds is 3. The highest BCUT2D eigenvalue weighted by Gasteiger charge is 2.38. The van der Waals surface area contributed by atoms with Crippen molar-refractivity contribution in [3.05, 3.63) is 0 Å². The molecule has 2 heterocycles. The van der Waals surface area contributed by atoms with Crippen LogP contribution in [-0.2, 0) is 9.53 Å². The largest absolute Gasteiger partial charge is 0.401 e. The van der Waals surface area contributed by atoms with Crippen molar-refractivity contribution in [1.29, 1.82) is 0 Å². The van der Waals surface area contributed by atoms with E-state index >= 15 is 0 Å². The molecule has 8 heteroatoms. The van der Waals surface area contributed by atoms with Crippen LogP contribution in [-0.4, -0.2) is 80.9 Å². The molecule has 116 valence electrons. The Morgan fingerprint density at radius 1 is 1.25 bits per heavy atom. The van der Waals surface area contributed by atoms with E-state index in [9.17, 15) is 18.0 Å². The number of nitrogens with zero attached hydrogens (tertiary/aromatic N) is 2. The monoisotopic (exact) mass is 295 g/mol. The van der Waals surface area contributed by atoms with E-state index in [1.54, 1.807) is 11.9 Å². The average molecular weight is 295 g/mol. The molecule has 0 bridgehead atoms. The number of hydrogen-bond acceptors (Lipinski definition) is 4. The molecule has 2 atom stereocenters. The minimum atomic E-state index is -4.18. The Morgan fingerprint density at radius 2 is 1.90 bits per heavy atom. The average Bonchev–Trinajstić information content (AvgIpc) is 2.85. The summed E-state index contributed by atoms with van der Waals surface area (Å²) in [6.45, 7) is 1.21. The Hall–Kier alpha value is -0.860. The summed E-state index contributed by atoms with van der Waals surface area (Å²) in [6, 6.07) is -0.00398. The van der Waals surface area contributed by atoms with Crippen molar-refractivity contribution >= 4 is 5.91 Å². The maximum Gasteiger partial charge on any atom is 0.401 e. The zero-order valence-corrected chi connectivity index (χ0v) is 11.4. The van der Waals surface area contributed by atoms with Crippen LogP contribution in [0.25, 0.3) is 0 Å². The van der Waals surface area contributed by atoms with Gasteiger partial charge >= 0.3 is 6.18 Å². The Morgan fingerprint density at radius 3 is 2.45 bits per heavy atom. The normalized spacial score (nSPS) is 28.9. The van der Waals surface area contributed by atoms with Gasteiger partial charge in [-0.05, 0) is 7.05 Å². The summed E-state index contributed by atoms with van der Waals surface area (Å²) in [6.07, 6.45) is -4.18. The summed E-state index contributed by atoms with van der Waals surface area (Å²) in [5.74, 6) is -0.248. The zero-order valence-electron chi connectivity index (χ0n) is 11.4. The molecule has 0 aromatic rings. The lowest BCUT2D eigenvalue weighted by Gasteiger charge is -2.36. The van der Waals surface area contributed by atoms with Gasteiger partial charge in [-0.1, -0.05) is 0 Å². The molecule has 1 amide bonds. The van der Waals surface area contributed by atoms with Gasteiger partial charge in [-0.25, -0.2) is 0 Å². The van der Waals surface area contributed by atoms with Crippen LogP contribution in [0.2, 0.25) is 0 Å². The van der Waals surface area contributed by atoms with Gasteiger partial charge in [0.15, 0.2) is 0 Å². The molecule has 20 heavy (non-hydrogen) atoms. The fourth-order valence-corrected chi connectivity index (χ4v) is 2.70. The van der Waals surface area contributed by atoms with Gasteiger partial charge in [-0.15, -0.1) is 0 Å². The van der Waals surface area contributed by atoms with Gasteiger partial charge in [0.1, 0.15) is 0 Å². The molecule has 0 aliphatic carbocycles. The van der Waals surface area contributed by atoms with Gasteiger partial charge in [-0.3, -0.25) is 9.69 Å². The number of ether oxygens (including phenoxy) is 1.